The number of anilines is 1. The molecule has 0 aromatic carbocycles. The Hall–Kier alpha value is -2.03. The maximum absolute atomic E-state index is 12.7. The summed E-state index contributed by atoms with van der Waals surface area (Å²) >= 11 is 1.18. The number of imide groups is 1. The molecule has 4 amide bonds. The second-order valence-electron chi connectivity index (χ2n) is 5.62. The Balaban J connectivity index is 1.72. The first-order valence-electron chi connectivity index (χ1n) is 7.20. The molecule has 1 aromatic heterocycles. The normalized spacial score (nSPS) is 20.8. The van der Waals surface area contributed by atoms with Crippen molar-refractivity contribution < 1.29 is 14.4 Å². The van der Waals surface area contributed by atoms with Gasteiger partial charge in [-0.15, -0.1) is 10.2 Å². The quantitative estimate of drug-likeness (QED) is 0.840. The van der Waals surface area contributed by atoms with Crippen molar-refractivity contribution >= 4 is 34.3 Å². The second kappa shape index (κ2) is 5.64. The standard InChI is InChI=1S/C13H17N5O3S/c1-17-12(21)18(7-9(19)15-11-16-14-8-22-11)10(20)13(17)5-3-2-4-6-13/h8H,2-7H2,1H3,(H,15,16,19). The highest BCUT2D eigenvalue weighted by Crippen LogP contribution is 2.39. The number of amides is 4. The highest BCUT2D eigenvalue weighted by atomic mass is 32.1. The van der Waals surface area contributed by atoms with Gasteiger partial charge in [0.15, 0.2) is 0 Å². The van der Waals surface area contributed by atoms with Gasteiger partial charge in [-0.05, 0) is 12.8 Å². The third kappa shape index (κ3) is 2.35. The van der Waals surface area contributed by atoms with Crippen LogP contribution in [0.4, 0.5) is 9.93 Å². The molecular weight excluding hydrogens is 306 g/mol. The number of likely N-dealkylation sites (N-methyl/N-ethyl adjacent to an activating group) is 1. The van der Waals surface area contributed by atoms with Crippen LogP contribution in [0.3, 0.4) is 0 Å². The first-order valence-corrected chi connectivity index (χ1v) is 8.08. The lowest BCUT2D eigenvalue weighted by molar-refractivity contribution is -0.136. The highest BCUT2D eigenvalue weighted by molar-refractivity contribution is 7.13. The Kier molecular flexibility index (Phi) is 3.81. The third-order valence-corrected chi connectivity index (χ3v) is 5.00. The summed E-state index contributed by atoms with van der Waals surface area (Å²) in [6, 6.07) is -0.403. The fourth-order valence-electron chi connectivity index (χ4n) is 3.20. The number of hydrogen-bond acceptors (Lipinski definition) is 6. The van der Waals surface area contributed by atoms with Crippen molar-refractivity contribution in [1.82, 2.24) is 20.0 Å². The maximum Gasteiger partial charge on any atom is 0.327 e. The van der Waals surface area contributed by atoms with Crippen molar-refractivity contribution in [2.24, 2.45) is 0 Å². The fourth-order valence-corrected chi connectivity index (χ4v) is 3.66. The largest absolute Gasteiger partial charge is 0.327 e. The van der Waals surface area contributed by atoms with Crippen molar-refractivity contribution in [3.8, 4) is 0 Å². The molecule has 0 radical (unpaired) electrons. The van der Waals surface area contributed by atoms with Gasteiger partial charge in [-0.2, -0.15) is 0 Å². The van der Waals surface area contributed by atoms with Gasteiger partial charge < -0.3 is 4.90 Å². The van der Waals surface area contributed by atoms with E-state index in [1.807, 2.05) is 0 Å². The number of nitrogens with zero attached hydrogens (tertiary/aromatic N) is 4. The molecule has 1 spiro atoms. The van der Waals surface area contributed by atoms with Gasteiger partial charge in [0.2, 0.25) is 11.0 Å². The molecule has 1 aromatic rings. The smallest absolute Gasteiger partial charge is 0.313 e. The van der Waals surface area contributed by atoms with E-state index in [2.05, 4.69) is 15.5 Å². The third-order valence-electron chi connectivity index (χ3n) is 4.39. The van der Waals surface area contributed by atoms with Crippen LogP contribution in [0.5, 0.6) is 0 Å². The zero-order valence-electron chi connectivity index (χ0n) is 12.2. The van der Waals surface area contributed by atoms with Crippen LogP contribution in [0.1, 0.15) is 32.1 Å². The zero-order chi connectivity index (χ0) is 15.7. The molecule has 1 aliphatic carbocycles. The number of rotatable bonds is 3. The van der Waals surface area contributed by atoms with Crippen LogP contribution in [-0.2, 0) is 9.59 Å². The fraction of sp³-hybridized carbons (Fsp3) is 0.615. The van der Waals surface area contributed by atoms with Gasteiger partial charge in [0.05, 0.1) is 0 Å². The predicted octanol–water partition coefficient (Wildman–Crippen LogP) is 1.07. The SMILES string of the molecule is CN1C(=O)N(CC(=O)Nc2nncs2)C(=O)C12CCCCC2. The molecular formula is C13H17N5O3S. The molecule has 3 rings (SSSR count). The molecule has 118 valence electrons. The summed E-state index contributed by atoms with van der Waals surface area (Å²) in [5.74, 6) is -0.702. The minimum absolute atomic E-state index is 0.257. The van der Waals surface area contributed by atoms with Gasteiger partial charge in [0.1, 0.15) is 17.6 Å². The first kappa shape index (κ1) is 14.9. The molecule has 1 saturated carbocycles. The van der Waals surface area contributed by atoms with Gasteiger partial charge in [-0.1, -0.05) is 30.6 Å². The highest BCUT2D eigenvalue weighted by Gasteiger charge is 2.55. The summed E-state index contributed by atoms with van der Waals surface area (Å²) in [5, 5.41) is 10.2. The molecule has 8 nitrogen and oxygen atoms in total. The first-order chi connectivity index (χ1) is 10.5. The van der Waals surface area contributed by atoms with Crippen LogP contribution < -0.4 is 5.32 Å². The van der Waals surface area contributed by atoms with Crippen molar-refractivity contribution in [2.45, 2.75) is 37.6 Å². The lowest BCUT2D eigenvalue weighted by Crippen LogP contribution is -2.49. The molecule has 0 bridgehead atoms. The molecule has 2 fully saturated rings. The summed E-state index contributed by atoms with van der Waals surface area (Å²) < 4.78 is 0. The predicted molar refractivity (Wildman–Crippen MR) is 79.2 cm³/mol. The molecule has 9 heteroatoms. The van der Waals surface area contributed by atoms with Crippen LogP contribution in [0.25, 0.3) is 0 Å². The van der Waals surface area contributed by atoms with Crippen LogP contribution in [0.15, 0.2) is 5.51 Å². The van der Waals surface area contributed by atoms with E-state index in [1.165, 1.54) is 21.7 Å². The van der Waals surface area contributed by atoms with Crippen LogP contribution in [0.2, 0.25) is 0 Å². The Morgan fingerprint density at radius 2 is 2.09 bits per heavy atom. The van der Waals surface area contributed by atoms with Gasteiger partial charge in [0, 0.05) is 7.05 Å². The summed E-state index contributed by atoms with van der Waals surface area (Å²) in [6.07, 6.45) is 4.27. The van der Waals surface area contributed by atoms with E-state index in [0.29, 0.717) is 18.0 Å². The number of carbonyl (C=O) groups is 3. The summed E-state index contributed by atoms with van der Waals surface area (Å²) in [4.78, 5) is 39.6. The molecule has 1 aliphatic heterocycles. The molecule has 2 heterocycles. The second-order valence-corrected chi connectivity index (χ2v) is 6.45. The molecule has 22 heavy (non-hydrogen) atoms. The minimum atomic E-state index is -0.752. The van der Waals surface area contributed by atoms with Crippen molar-refractivity contribution in [1.29, 1.82) is 0 Å². The summed E-state index contributed by atoms with van der Waals surface area (Å²) in [7, 11) is 1.65. The number of urea groups is 1. The summed E-state index contributed by atoms with van der Waals surface area (Å²) in [6.45, 7) is -0.288. The van der Waals surface area contributed by atoms with Gasteiger partial charge >= 0.3 is 6.03 Å². The van der Waals surface area contributed by atoms with E-state index in [1.54, 1.807) is 7.05 Å². The molecule has 1 saturated heterocycles. The molecule has 2 aliphatic rings. The molecule has 0 atom stereocenters. The average Bonchev–Trinajstić information content (AvgIpc) is 3.08. The molecule has 1 N–H and O–H groups in total. The van der Waals surface area contributed by atoms with Crippen LogP contribution >= 0.6 is 11.3 Å². The zero-order valence-corrected chi connectivity index (χ0v) is 13.1. The van der Waals surface area contributed by atoms with Gasteiger partial charge in [-0.25, -0.2) is 4.79 Å². The Morgan fingerprint density at radius 1 is 1.36 bits per heavy atom. The summed E-state index contributed by atoms with van der Waals surface area (Å²) in [5.41, 5.74) is 0.741. The number of nitrogens with one attached hydrogen (secondary N) is 1. The van der Waals surface area contributed by atoms with E-state index in [4.69, 9.17) is 0 Å². The monoisotopic (exact) mass is 323 g/mol. The van der Waals surface area contributed by atoms with E-state index < -0.39 is 17.5 Å². The molecule has 0 unspecified atom stereocenters. The van der Waals surface area contributed by atoms with Crippen molar-refractivity contribution in [2.75, 3.05) is 18.9 Å². The van der Waals surface area contributed by atoms with Crippen LogP contribution in [0, 0.1) is 0 Å². The lowest BCUT2D eigenvalue weighted by atomic mass is 9.81. The van der Waals surface area contributed by atoms with Gasteiger partial charge in [-0.3, -0.25) is 19.8 Å². The maximum atomic E-state index is 12.7. The van der Waals surface area contributed by atoms with Crippen molar-refractivity contribution in [3.63, 3.8) is 0 Å². The van der Waals surface area contributed by atoms with E-state index in [9.17, 15) is 14.4 Å². The average molecular weight is 323 g/mol. The van der Waals surface area contributed by atoms with E-state index >= 15 is 0 Å². The number of aromatic nitrogens is 2. The van der Waals surface area contributed by atoms with Crippen LogP contribution in [-0.4, -0.2) is 57.0 Å². The van der Waals surface area contributed by atoms with E-state index in [-0.39, 0.29) is 12.5 Å². The Morgan fingerprint density at radius 3 is 2.73 bits per heavy atom. The lowest BCUT2D eigenvalue weighted by Gasteiger charge is -2.35. The number of carbonyl (C=O) groups excluding carboxylic acids is 3. The Labute approximate surface area is 131 Å². The Bertz CT molecular complexity index is 597. The van der Waals surface area contributed by atoms with E-state index in [0.717, 1.165) is 24.2 Å². The topological polar surface area (TPSA) is 95.5 Å². The van der Waals surface area contributed by atoms with Gasteiger partial charge in [0.25, 0.3) is 5.91 Å². The minimum Gasteiger partial charge on any atom is -0.313 e. The number of hydrogen-bond donors (Lipinski definition) is 1. The van der Waals surface area contributed by atoms with Crippen molar-refractivity contribution in [3.05, 3.63) is 5.51 Å².